The lowest BCUT2D eigenvalue weighted by Gasteiger charge is -2.25. The van der Waals surface area contributed by atoms with Crippen LogP contribution in [0.5, 0.6) is 0 Å². The number of primary amides is 1. The van der Waals surface area contributed by atoms with E-state index in [4.69, 9.17) is 10.5 Å². The van der Waals surface area contributed by atoms with Crippen LogP contribution in [0.2, 0.25) is 0 Å². The van der Waals surface area contributed by atoms with Gasteiger partial charge in [-0.2, -0.15) is 0 Å². The van der Waals surface area contributed by atoms with Crippen LogP contribution in [0.15, 0.2) is 60.7 Å². The fraction of sp³-hybridized carbons (Fsp3) is 0.118. The Balaban J connectivity index is 2.46. The number of benzene rings is 2. The van der Waals surface area contributed by atoms with Crippen LogP contribution in [0.25, 0.3) is 0 Å². The first-order valence-electron chi connectivity index (χ1n) is 6.63. The average Bonchev–Trinajstić information content (AvgIpc) is 2.54. The van der Waals surface area contributed by atoms with E-state index in [9.17, 15) is 14.4 Å². The number of amides is 1. The molecule has 0 saturated carbocycles. The molecule has 112 valence electrons. The summed E-state index contributed by atoms with van der Waals surface area (Å²) in [5.74, 6) is -1.25. The van der Waals surface area contributed by atoms with Crippen LogP contribution in [-0.4, -0.2) is 23.3 Å². The number of rotatable bonds is 5. The zero-order chi connectivity index (χ0) is 16.2. The Labute approximate surface area is 127 Å². The Morgan fingerprint density at radius 2 is 1.18 bits per heavy atom. The van der Waals surface area contributed by atoms with Gasteiger partial charge in [0, 0.05) is 11.1 Å². The fourth-order valence-electron chi connectivity index (χ4n) is 2.13. The zero-order valence-electron chi connectivity index (χ0n) is 12.0. The molecule has 0 aliphatic carbocycles. The van der Waals surface area contributed by atoms with Gasteiger partial charge in [0.1, 0.15) is 0 Å². The van der Waals surface area contributed by atoms with E-state index in [0.29, 0.717) is 0 Å². The number of carbonyl (C=O) groups excluding carboxylic acids is 3. The number of Topliss-reactive ketones (excluding diaryl/α,β-unsaturated/α-hetero) is 2. The molecule has 22 heavy (non-hydrogen) atoms. The van der Waals surface area contributed by atoms with Crippen molar-refractivity contribution in [3.8, 4) is 0 Å². The summed E-state index contributed by atoms with van der Waals surface area (Å²) in [7, 11) is 0. The molecule has 0 atom stereocenters. The maximum atomic E-state index is 12.7. The van der Waals surface area contributed by atoms with Gasteiger partial charge in [-0.3, -0.25) is 9.59 Å². The van der Waals surface area contributed by atoms with Crippen molar-refractivity contribution in [2.75, 3.05) is 0 Å². The van der Waals surface area contributed by atoms with Gasteiger partial charge < -0.3 is 10.5 Å². The lowest BCUT2D eigenvalue weighted by molar-refractivity contribution is 0.0262. The molecule has 2 aromatic rings. The summed E-state index contributed by atoms with van der Waals surface area (Å²) in [6.45, 7) is 1.25. The lowest BCUT2D eigenvalue weighted by Crippen LogP contribution is -2.49. The van der Waals surface area contributed by atoms with Crippen molar-refractivity contribution in [2.45, 2.75) is 12.5 Å². The second-order valence-electron chi connectivity index (χ2n) is 4.84. The van der Waals surface area contributed by atoms with Crippen LogP contribution in [0.4, 0.5) is 4.79 Å². The van der Waals surface area contributed by atoms with Gasteiger partial charge in [0.2, 0.25) is 17.2 Å². The molecule has 0 radical (unpaired) electrons. The van der Waals surface area contributed by atoms with Crippen molar-refractivity contribution in [2.24, 2.45) is 5.73 Å². The van der Waals surface area contributed by atoms with Crippen LogP contribution >= 0.6 is 0 Å². The molecular weight excluding hydrogens is 282 g/mol. The standard InChI is InChI=1S/C17H15NO4/c1-17(22-16(18)21,14(19)12-8-4-2-5-9-12)15(20)13-10-6-3-7-11-13/h2-11H,1H3,(H2,18,21). The van der Waals surface area contributed by atoms with Crippen molar-refractivity contribution in [3.05, 3.63) is 71.8 Å². The Morgan fingerprint density at radius 1 is 0.818 bits per heavy atom. The molecule has 0 aromatic heterocycles. The maximum Gasteiger partial charge on any atom is 0.405 e. The second kappa shape index (κ2) is 6.22. The minimum atomic E-state index is -2.01. The molecule has 5 nitrogen and oxygen atoms in total. The van der Waals surface area contributed by atoms with E-state index < -0.39 is 23.3 Å². The first-order chi connectivity index (χ1) is 10.4. The zero-order valence-corrected chi connectivity index (χ0v) is 12.0. The third-order valence-corrected chi connectivity index (χ3v) is 3.24. The van der Waals surface area contributed by atoms with Gasteiger partial charge in [-0.25, -0.2) is 4.79 Å². The summed E-state index contributed by atoms with van der Waals surface area (Å²) in [4.78, 5) is 36.5. The van der Waals surface area contributed by atoms with E-state index >= 15 is 0 Å². The highest BCUT2D eigenvalue weighted by atomic mass is 16.6. The molecule has 2 aromatic carbocycles. The van der Waals surface area contributed by atoms with E-state index in [1.54, 1.807) is 60.7 Å². The topological polar surface area (TPSA) is 86.5 Å². The molecule has 1 amide bonds. The normalized spacial score (nSPS) is 10.8. The summed E-state index contributed by atoms with van der Waals surface area (Å²) in [6, 6.07) is 16.3. The molecule has 0 unspecified atom stereocenters. The number of hydrogen-bond acceptors (Lipinski definition) is 4. The SMILES string of the molecule is CC(OC(N)=O)(C(=O)c1ccccc1)C(=O)c1ccccc1. The summed E-state index contributed by atoms with van der Waals surface area (Å²) >= 11 is 0. The van der Waals surface area contributed by atoms with Gasteiger partial charge >= 0.3 is 6.09 Å². The molecule has 0 heterocycles. The minimum absolute atomic E-state index is 0.260. The van der Waals surface area contributed by atoms with Gasteiger partial charge in [-0.15, -0.1) is 0 Å². The Kier molecular flexibility index (Phi) is 4.36. The summed E-state index contributed by atoms with van der Waals surface area (Å²) in [6.07, 6.45) is -1.18. The Morgan fingerprint density at radius 3 is 1.50 bits per heavy atom. The minimum Gasteiger partial charge on any atom is -0.426 e. The number of ether oxygens (including phenoxy) is 1. The third-order valence-electron chi connectivity index (χ3n) is 3.24. The molecular formula is C17H15NO4. The van der Waals surface area contributed by atoms with Crippen molar-refractivity contribution in [1.82, 2.24) is 0 Å². The first kappa shape index (κ1) is 15.4. The van der Waals surface area contributed by atoms with Gasteiger partial charge in [0.15, 0.2) is 0 Å². The molecule has 2 rings (SSSR count). The number of carbonyl (C=O) groups is 3. The quantitative estimate of drug-likeness (QED) is 0.679. The van der Waals surface area contributed by atoms with Crippen LogP contribution in [-0.2, 0) is 4.74 Å². The molecule has 0 fully saturated rings. The molecule has 5 heteroatoms. The summed E-state index contributed by atoms with van der Waals surface area (Å²) in [5.41, 5.74) is 3.56. The average molecular weight is 297 g/mol. The van der Waals surface area contributed by atoms with Gasteiger partial charge in [-0.05, 0) is 6.92 Å². The van der Waals surface area contributed by atoms with Gasteiger partial charge in [0.05, 0.1) is 0 Å². The number of hydrogen-bond donors (Lipinski definition) is 1. The van der Waals surface area contributed by atoms with E-state index in [1.807, 2.05) is 0 Å². The molecule has 0 aliphatic rings. The van der Waals surface area contributed by atoms with Crippen molar-refractivity contribution in [3.63, 3.8) is 0 Å². The third kappa shape index (κ3) is 3.03. The lowest BCUT2D eigenvalue weighted by atomic mass is 9.87. The molecule has 0 aliphatic heterocycles. The number of nitrogens with two attached hydrogens (primary N) is 1. The highest BCUT2D eigenvalue weighted by molar-refractivity contribution is 6.23. The van der Waals surface area contributed by atoms with E-state index in [0.717, 1.165) is 0 Å². The second-order valence-corrected chi connectivity index (χ2v) is 4.84. The number of ketones is 2. The molecule has 0 saturated heterocycles. The molecule has 0 bridgehead atoms. The highest BCUT2D eigenvalue weighted by Gasteiger charge is 2.45. The van der Waals surface area contributed by atoms with Crippen LogP contribution < -0.4 is 5.73 Å². The largest absolute Gasteiger partial charge is 0.426 e. The maximum absolute atomic E-state index is 12.7. The highest BCUT2D eigenvalue weighted by Crippen LogP contribution is 2.23. The van der Waals surface area contributed by atoms with Crippen LogP contribution in [0, 0.1) is 0 Å². The smallest absolute Gasteiger partial charge is 0.405 e. The van der Waals surface area contributed by atoms with Crippen molar-refractivity contribution >= 4 is 17.7 Å². The Bertz CT molecular complexity index is 644. The molecule has 2 N–H and O–H groups in total. The monoisotopic (exact) mass is 297 g/mol. The van der Waals surface area contributed by atoms with E-state index in [1.165, 1.54) is 6.92 Å². The molecule has 0 spiro atoms. The Hall–Kier alpha value is -2.95. The first-order valence-corrected chi connectivity index (χ1v) is 6.63. The van der Waals surface area contributed by atoms with Crippen LogP contribution in [0.1, 0.15) is 27.6 Å². The van der Waals surface area contributed by atoms with Crippen molar-refractivity contribution < 1.29 is 19.1 Å². The summed E-state index contributed by atoms with van der Waals surface area (Å²) < 4.78 is 4.91. The van der Waals surface area contributed by atoms with Crippen LogP contribution in [0.3, 0.4) is 0 Å². The predicted octanol–water partition coefficient (Wildman–Crippen LogP) is 2.61. The van der Waals surface area contributed by atoms with E-state index in [2.05, 4.69) is 0 Å². The van der Waals surface area contributed by atoms with E-state index in [-0.39, 0.29) is 11.1 Å². The van der Waals surface area contributed by atoms with Crippen molar-refractivity contribution in [1.29, 1.82) is 0 Å². The van der Waals surface area contributed by atoms with Gasteiger partial charge in [0.25, 0.3) is 0 Å². The van der Waals surface area contributed by atoms with Gasteiger partial charge in [-0.1, -0.05) is 60.7 Å². The summed E-state index contributed by atoms with van der Waals surface area (Å²) in [5, 5.41) is 0. The predicted molar refractivity (Wildman–Crippen MR) is 80.6 cm³/mol. The fourth-order valence-corrected chi connectivity index (χ4v) is 2.13.